The van der Waals surface area contributed by atoms with Crippen LogP contribution in [0.15, 0.2) is 41.3 Å². The van der Waals surface area contributed by atoms with Crippen molar-refractivity contribution in [3.05, 3.63) is 36.4 Å². The molecule has 0 atom stereocenters. The maximum Gasteiger partial charge on any atom is 0.573 e. The van der Waals surface area contributed by atoms with Crippen LogP contribution in [0, 0.1) is 5.92 Å². The number of rotatable bonds is 6. The lowest BCUT2D eigenvalue weighted by Gasteiger charge is -2.29. The van der Waals surface area contributed by atoms with Crippen LogP contribution in [0.4, 0.5) is 13.2 Å². The van der Waals surface area contributed by atoms with Crippen molar-refractivity contribution in [2.24, 2.45) is 5.92 Å². The van der Waals surface area contributed by atoms with E-state index >= 15 is 0 Å². The smallest absolute Gasteiger partial charge is 0.406 e. The Balaban J connectivity index is 1.55. The molecule has 28 heavy (non-hydrogen) atoms. The molecule has 1 aromatic carbocycles. The highest BCUT2D eigenvalue weighted by Crippen LogP contribution is 2.27. The average Bonchev–Trinajstić information content (AvgIpc) is 3.43. The minimum absolute atomic E-state index is 0.0835. The molecule has 1 saturated carbocycles. The van der Waals surface area contributed by atoms with E-state index in [9.17, 15) is 26.4 Å². The lowest BCUT2D eigenvalue weighted by molar-refractivity contribution is -0.274. The number of hydrogen-bond acceptors (Lipinski definition) is 4. The number of benzene rings is 1. The Morgan fingerprint density at radius 3 is 2.25 bits per heavy atom. The number of piperidine rings is 1. The van der Waals surface area contributed by atoms with Gasteiger partial charge in [0.1, 0.15) is 5.75 Å². The van der Waals surface area contributed by atoms with Crippen LogP contribution in [0.3, 0.4) is 0 Å². The Labute approximate surface area is 161 Å². The third-order valence-corrected chi connectivity index (χ3v) is 6.55. The average molecular weight is 418 g/mol. The molecule has 0 bridgehead atoms. The second kappa shape index (κ2) is 8.12. The first kappa shape index (κ1) is 20.7. The van der Waals surface area contributed by atoms with Crippen molar-refractivity contribution in [2.45, 2.75) is 43.0 Å². The molecule has 2 fully saturated rings. The third kappa shape index (κ3) is 5.71. The third-order valence-electron chi connectivity index (χ3n) is 4.64. The van der Waals surface area contributed by atoms with E-state index in [4.69, 9.17) is 0 Å². The quantitative estimate of drug-likeness (QED) is 0.721. The first-order valence-corrected chi connectivity index (χ1v) is 10.4. The zero-order valence-corrected chi connectivity index (χ0v) is 15.8. The zero-order chi connectivity index (χ0) is 20.4. The fourth-order valence-corrected chi connectivity index (χ4v) is 4.44. The van der Waals surface area contributed by atoms with E-state index in [1.165, 1.54) is 10.4 Å². The molecule has 1 amide bonds. The molecule has 0 spiro atoms. The second-order valence-corrected chi connectivity index (χ2v) is 8.84. The van der Waals surface area contributed by atoms with Gasteiger partial charge in [0.2, 0.25) is 15.9 Å². The summed E-state index contributed by atoms with van der Waals surface area (Å²) in [5.74, 6) is -0.488. The molecule has 0 aromatic heterocycles. The summed E-state index contributed by atoms with van der Waals surface area (Å²) in [6, 6.07) is 4.45. The van der Waals surface area contributed by atoms with Gasteiger partial charge in [-0.25, -0.2) is 8.42 Å². The Hall–Kier alpha value is -2.07. The van der Waals surface area contributed by atoms with Crippen LogP contribution in [-0.2, 0) is 14.8 Å². The summed E-state index contributed by atoms with van der Waals surface area (Å²) in [4.78, 5) is 11.6. The van der Waals surface area contributed by atoms with Crippen molar-refractivity contribution >= 4 is 15.9 Å². The molecule has 2 aliphatic rings. The Kier molecular flexibility index (Phi) is 5.99. The van der Waals surface area contributed by atoms with Gasteiger partial charge < -0.3 is 10.1 Å². The molecule has 0 radical (unpaired) electrons. The summed E-state index contributed by atoms with van der Waals surface area (Å²) in [7, 11) is -3.79. The van der Waals surface area contributed by atoms with Gasteiger partial charge in [-0.1, -0.05) is 6.08 Å². The molecule has 1 aromatic rings. The van der Waals surface area contributed by atoms with Crippen molar-refractivity contribution in [2.75, 3.05) is 13.1 Å². The summed E-state index contributed by atoms with van der Waals surface area (Å²) in [5, 5.41) is 2.85. The van der Waals surface area contributed by atoms with Crippen LogP contribution < -0.4 is 10.1 Å². The van der Waals surface area contributed by atoms with Crippen molar-refractivity contribution in [1.82, 2.24) is 9.62 Å². The van der Waals surface area contributed by atoms with Crippen LogP contribution in [0.1, 0.15) is 25.7 Å². The normalized spacial score (nSPS) is 19.7. The zero-order valence-electron chi connectivity index (χ0n) is 15.0. The second-order valence-electron chi connectivity index (χ2n) is 6.90. The number of sulfonamides is 1. The standard InChI is InChI=1S/C18H21F3N2O4S/c19-18(20,21)27-15-4-6-16(7-5-15)28(25,26)23-11-9-13(10-12-23)1-8-17(24)22-14-2-3-14/h1,4-8,13-14H,2-3,9-12H2,(H,22,24). The van der Waals surface area contributed by atoms with Crippen molar-refractivity contribution < 1.29 is 31.1 Å². The number of carbonyl (C=O) groups is 1. The van der Waals surface area contributed by atoms with Crippen LogP contribution in [-0.4, -0.2) is 44.1 Å². The number of carbonyl (C=O) groups excluding carboxylic acids is 1. The monoisotopic (exact) mass is 418 g/mol. The number of nitrogens with one attached hydrogen (secondary N) is 1. The minimum atomic E-state index is -4.83. The van der Waals surface area contributed by atoms with E-state index in [0.717, 1.165) is 37.1 Å². The molecule has 6 nitrogen and oxygen atoms in total. The maximum absolute atomic E-state index is 12.7. The Morgan fingerprint density at radius 1 is 1.11 bits per heavy atom. The molecule has 3 rings (SSSR count). The van der Waals surface area contributed by atoms with Gasteiger partial charge in [-0.15, -0.1) is 13.2 Å². The lowest BCUT2D eigenvalue weighted by atomic mass is 9.98. The molecule has 1 N–H and O–H groups in total. The number of halogens is 3. The highest BCUT2D eigenvalue weighted by atomic mass is 32.2. The fourth-order valence-electron chi connectivity index (χ4n) is 2.97. The Bertz CT molecular complexity index is 825. The van der Waals surface area contributed by atoms with Gasteiger partial charge >= 0.3 is 6.36 Å². The first-order chi connectivity index (χ1) is 13.1. The van der Waals surface area contributed by atoms with Crippen molar-refractivity contribution in [3.8, 4) is 5.75 Å². The van der Waals surface area contributed by atoms with E-state index in [1.54, 1.807) is 0 Å². The van der Waals surface area contributed by atoms with Gasteiger partial charge in [-0.2, -0.15) is 4.31 Å². The summed E-state index contributed by atoms with van der Waals surface area (Å²) in [6.07, 6.45) is 1.66. The van der Waals surface area contributed by atoms with Gasteiger partial charge in [-0.05, 0) is 61.9 Å². The predicted octanol–water partition coefficient (Wildman–Crippen LogP) is 2.82. The lowest BCUT2D eigenvalue weighted by Crippen LogP contribution is -2.38. The summed E-state index contributed by atoms with van der Waals surface area (Å²) in [6.45, 7) is 0.560. The number of nitrogens with zero attached hydrogens (tertiary/aromatic N) is 1. The predicted molar refractivity (Wildman–Crippen MR) is 94.9 cm³/mol. The molecule has 1 saturated heterocycles. The number of allylic oxidation sites excluding steroid dienone is 1. The van der Waals surface area contributed by atoms with E-state index in [2.05, 4.69) is 10.1 Å². The van der Waals surface area contributed by atoms with E-state index in [-0.39, 0.29) is 35.9 Å². The first-order valence-electron chi connectivity index (χ1n) is 8.98. The number of amides is 1. The Morgan fingerprint density at radius 2 is 1.71 bits per heavy atom. The highest BCUT2D eigenvalue weighted by molar-refractivity contribution is 7.89. The van der Waals surface area contributed by atoms with Crippen LogP contribution in [0.25, 0.3) is 0 Å². The molecule has 154 valence electrons. The van der Waals surface area contributed by atoms with Gasteiger partial charge in [0.25, 0.3) is 0 Å². The maximum atomic E-state index is 12.7. The van der Waals surface area contributed by atoms with Crippen molar-refractivity contribution in [1.29, 1.82) is 0 Å². The molecule has 0 unspecified atom stereocenters. The van der Waals surface area contributed by atoms with Gasteiger partial charge in [-0.3, -0.25) is 4.79 Å². The molecule has 1 aliphatic heterocycles. The molecule has 10 heteroatoms. The molecular formula is C18H21F3N2O4S. The van der Waals surface area contributed by atoms with Crippen LogP contribution >= 0.6 is 0 Å². The number of hydrogen-bond donors (Lipinski definition) is 1. The SMILES string of the molecule is O=C(C=CC1CCN(S(=O)(=O)c2ccc(OC(F)(F)F)cc2)CC1)NC1CC1. The molecule has 1 heterocycles. The van der Waals surface area contributed by atoms with Gasteiger partial charge in [0.15, 0.2) is 0 Å². The minimum Gasteiger partial charge on any atom is -0.406 e. The van der Waals surface area contributed by atoms with Gasteiger partial charge in [0.05, 0.1) is 4.90 Å². The number of alkyl halides is 3. The molecule has 1 aliphatic carbocycles. The number of ether oxygens (including phenoxy) is 1. The van der Waals surface area contributed by atoms with Gasteiger partial charge in [0, 0.05) is 19.1 Å². The topological polar surface area (TPSA) is 75.7 Å². The summed E-state index contributed by atoms with van der Waals surface area (Å²) in [5.41, 5.74) is 0. The largest absolute Gasteiger partial charge is 0.573 e. The van der Waals surface area contributed by atoms with Crippen LogP contribution in [0.2, 0.25) is 0 Å². The highest BCUT2D eigenvalue weighted by Gasteiger charge is 2.32. The molecular weight excluding hydrogens is 397 g/mol. The fraction of sp³-hybridized carbons (Fsp3) is 0.500. The summed E-state index contributed by atoms with van der Waals surface area (Å²) < 4.78 is 67.0. The van der Waals surface area contributed by atoms with Crippen LogP contribution in [0.5, 0.6) is 5.75 Å². The van der Waals surface area contributed by atoms with Crippen molar-refractivity contribution in [3.63, 3.8) is 0 Å². The van der Waals surface area contributed by atoms with E-state index in [0.29, 0.717) is 12.8 Å². The summed E-state index contributed by atoms with van der Waals surface area (Å²) >= 11 is 0. The van der Waals surface area contributed by atoms with E-state index in [1.807, 2.05) is 6.08 Å². The van der Waals surface area contributed by atoms with E-state index < -0.39 is 22.1 Å².